The summed E-state index contributed by atoms with van der Waals surface area (Å²) in [6.07, 6.45) is -1.50. The molecule has 3 amide bonds. The van der Waals surface area contributed by atoms with Gasteiger partial charge in [-0.15, -0.1) is 0 Å². The van der Waals surface area contributed by atoms with Gasteiger partial charge in [0.1, 0.15) is 5.82 Å². The van der Waals surface area contributed by atoms with Crippen LogP contribution < -0.4 is 22.5 Å². The van der Waals surface area contributed by atoms with Gasteiger partial charge in [-0.1, -0.05) is 12.1 Å². The van der Waals surface area contributed by atoms with Gasteiger partial charge in [-0.25, -0.2) is 14.4 Å². The van der Waals surface area contributed by atoms with E-state index in [0.717, 1.165) is 32.5 Å². The number of hydrogen-bond donors (Lipinski definition) is 4. The molecule has 6 N–H and O–H groups in total. The van der Waals surface area contributed by atoms with Crippen molar-refractivity contribution in [1.29, 1.82) is 0 Å². The summed E-state index contributed by atoms with van der Waals surface area (Å²) in [4.78, 5) is 56.2. The molecular weight excluding hydrogens is 573 g/mol. The first-order valence-electron chi connectivity index (χ1n) is 13.7. The monoisotopic (exact) mass is 610 g/mol. The number of carboxylic acids is 1. The number of likely N-dealkylation sites (tertiary alicyclic amines) is 1. The molecule has 1 aromatic carbocycles. The third-order valence-electron chi connectivity index (χ3n) is 6.93. The van der Waals surface area contributed by atoms with Crippen molar-refractivity contribution in [3.63, 3.8) is 0 Å². The number of benzene rings is 1. The lowest BCUT2D eigenvalue weighted by Gasteiger charge is -2.37. The minimum atomic E-state index is -5.08. The van der Waals surface area contributed by atoms with Crippen molar-refractivity contribution in [2.24, 2.45) is 11.5 Å². The highest BCUT2D eigenvalue weighted by atomic mass is 19.4. The highest BCUT2D eigenvalue weighted by Crippen LogP contribution is 2.14. The number of halogens is 3. The molecule has 2 aliphatic rings. The molecule has 3 heterocycles. The summed E-state index contributed by atoms with van der Waals surface area (Å²) < 4.78 is 33.2. The first-order chi connectivity index (χ1) is 20.0. The van der Waals surface area contributed by atoms with Gasteiger partial charge >= 0.3 is 23.9 Å². The lowest BCUT2D eigenvalue weighted by molar-refractivity contribution is -0.192. The van der Waals surface area contributed by atoms with Gasteiger partial charge in [0.15, 0.2) is 0 Å². The summed E-state index contributed by atoms with van der Waals surface area (Å²) >= 11 is 0. The normalized spacial score (nSPS) is 17.7. The van der Waals surface area contributed by atoms with E-state index in [1.807, 2.05) is 24.3 Å². The molecule has 2 saturated heterocycles. The zero-order valence-corrected chi connectivity index (χ0v) is 24.0. The predicted octanol–water partition coefficient (Wildman–Crippen LogP) is 0.855. The van der Waals surface area contributed by atoms with Crippen molar-refractivity contribution >= 4 is 23.7 Å². The van der Waals surface area contributed by atoms with Gasteiger partial charge in [-0.05, 0) is 57.0 Å². The van der Waals surface area contributed by atoms with E-state index < -0.39 is 23.4 Å². The smallest absolute Gasteiger partial charge is 0.475 e. The number of alkyl halides is 3. The van der Waals surface area contributed by atoms with Crippen LogP contribution in [0.1, 0.15) is 25.8 Å². The average Bonchev–Trinajstić information content (AvgIpc) is 3.36. The third-order valence-corrected chi connectivity index (χ3v) is 6.93. The predicted molar refractivity (Wildman–Crippen MR) is 152 cm³/mol. The maximum Gasteiger partial charge on any atom is 0.490 e. The highest BCUT2D eigenvalue weighted by molar-refractivity contribution is 5.89. The van der Waals surface area contributed by atoms with E-state index in [1.54, 1.807) is 35.9 Å². The molecule has 13 nitrogen and oxygen atoms in total. The number of carboxylic acid groups (broad SMARTS) is 1. The minimum Gasteiger partial charge on any atom is -0.475 e. The first kappa shape index (κ1) is 33.5. The molecule has 0 saturated carbocycles. The minimum absolute atomic E-state index is 0.141. The van der Waals surface area contributed by atoms with Gasteiger partial charge in [0, 0.05) is 51.5 Å². The molecule has 4 rings (SSSR count). The Hall–Kier alpha value is -4.02. The standard InChI is InChI=1S/C25H36N8O3.C2HF3O2/c1-25(2,27)22(34)31-13-15-32(16-14-31)23(35)28-21-9-12-33(24(36)29-21)20-5-3-18(4-6-20)7-10-30-11-8-19(26)17-30;3-2(4,5)1(6)7/h3-6,9,12,19H,7-8,10-11,13-17,26-27H2,1-2H3,(H,28,29,35,36);(H,6,7)/t19-;/m1./s1. The number of nitrogens with two attached hydrogens (primary N) is 2. The number of rotatable bonds is 6. The van der Waals surface area contributed by atoms with Crippen molar-refractivity contribution in [3.05, 3.63) is 52.6 Å². The number of carbonyl (C=O) groups is 3. The van der Waals surface area contributed by atoms with Crippen LogP contribution in [0.15, 0.2) is 41.3 Å². The third kappa shape index (κ3) is 9.76. The first-order valence-corrected chi connectivity index (χ1v) is 13.7. The number of aromatic nitrogens is 2. The van der Waals surface area contributed by atoms with Crippen LogP contribution >= 0.6 is 0 Å². The van der Waals surface area contributed by atoms with Crippen LogP contribution in [0.4, 0.5) is 23.8 Å². The average molecular weight is 611 g/mol. The fraction of sp³-hybridized carbons (Fsp3) is 0.519. The summed E-state index contributed by atoms with van der Waals surface area (Å²) in [6, 6.07) is 9.35. The Balaban J connectivity index is 0.000000646. The molecule has 0 bridgehead atoms. The van der Waals surface area contributed by atoms with Crippen LogP contribution in [0, 0.1) is 0 Å². The maximum atomic E-state index is 12.6. The number of anilines is 1. The van der Waals surface area contributed by atoms with Gasteiger partial charge in [0.05, 0.1) is 11.2 Å². The molecule has 2 fully saturated rings. The van der Waals surface area contributed by atoms with E-state index in [2.05, 4.69) is 15.2 Å². The second-order valence-corrected chi connectivity index (χ2v) is 11.0. The molecule has 2 aliphatic heterocycles. The Labute approximate surface area is 246 Å². The number of nitrogens with one attached hydrogen (secondary N) is 1. The van der Waals surface area contributed by atoms with Crippen LogP contribution in [0.5, 0.6) is 0 Å². The molecule has 0 spiro atoms. The SMILES string of the molecule is CC(C)(N)C(=O)N1CCN(C(=O)Nc2ccn(-c3ccc(CCN4CC[C@@H](N)C4)cc3)c(=O)n2)CC1.O=C(O)C(F)(F)F. The van der Waals surface area contributed by atoms with E-state index in [1.165, 1.54) is 10.1 Å². The quantitative estimate of drug-likeness (QED) is 0.369. The number of aliphatic carboxylic acids is 1. The molecule has 0 radical (unpaired) electrons. The number of hydrogen-bond acceptors (Lipinski definition) is 8. The van der Waals surface area contributed by atoms with Crippen LogP contribution in [0.25, 0.3) is 5.69 Å². The fourth-order valence-electron chi connectivity index (χ4n) is 4.55. The fourth-order valence-corrected chi connectivity index (χ4v) is 4.55. The summed E-state index contributed by atoms with van der Waals surface area (Å²) in [5.74, 6) is -2.71. The van der Waals surface area contributed by atoms with Gasteiger partial charge in [0.2, 0.25) is 5.91 Å². The van der Waals surface area contributed by atoms with E-state index in [9.17, 15) is 27.6 Å². The second-order valence-electron chi connectivity index (χ2n) is 11.0. The van der Waals surface area contributed by atoms with E-state index in [-0.39, 0.29) is 23.8 Å². The van der Waals surface area contributed by atoms with E-state index >= 15 is 0 Å². The molecule has 2 aromatic rings. The molecule has 0 unspecified atom stereocenters. The Kier molecular flexibility index (Phi) is 10.9. The zero-order valence-electron chi connectivity index (χ0n) is 24.0. The van der Waals surface area contributed by atoms with Crippen LogP contribution in [-0.4, -0.2) is 111 Å². The lowest BCUT2D eigenvalue weighted by Crippen LogP contribution is -2.58. The summed E-state index contributed by atoms with van der Waals surface area (Å²) in [7, 11) is 0. The van der Waals surface area contributed by atoms with E-state index in [4.69, 9.17) is 21.4 Å². The van der Waals surface area contributed by atoms with Crippen LogP contribution in [-0.2, 0) is 16.0 Å². The Morgan fingerprint density at radius 1 is 1.02 bits per heavy atom. The number of urea groups is 1. The van der Waals surface area contributed by atoms with Gasteiger partial charge in [-0.3, -0.25) is 14.7 Å². The van der Waals surface area contributed by atoms with E-state index in [0.29, 0.717) is 31.9 Å². The molecule has 1 aromatic heterocycles. The molecule has 1 atom stereocenters. The van der Waals surface area contributed by atoms with Crippen molar-refractivity contribution in [2.75, 3.05) is 51.1 Å². The molecular formula is C27H37F3N8O5. The molecule has 236 valence electrons. The topological polar surface area (TPSA) is 180 Å². The number of nitrogens with zero attached hydrogens (tertiary/aromatic N) is 5. The van der Waals surface area contributed by atoms with Crippen LogP contribution in [0.3, 0.4) is 0 Å². The molecule has 43 heavy (non-hydrogen) atoms. The number of carbonyl (C=O) groups excluding carboxylic acids is 2. The Morgan fingerprint density at radius 3 is 2.09 bits per heavy atom. The van der Waals surface area contributed by atoms with Crippen molar-refractivity contribution in [2.45, 2.75) is 44.4 Å². The summed E-state index contributed by atoms with van der Waals surface area (Å²) in [5, 5.41) is 9.81. The highest BCUT2D eigenvalue weighted by Gasteiger charge is 2.38. The second kappa shape index (κ2) is 14.0. The number of amides is 3. The van der Waals surface area contributed by atoms with Gasteiger partial charge in [0.25, 0.3) is 0 Å². The molecule has 16 heteroatoms. The van der Waals surface area contributed by atoms with Crippen LogP contribution in [0.2, 0.25) is 0 Å². The van der Waals surface area contributed by atoms with Crippen molar-refractivity contribution < 1.29 is 32.7 Å². The molecule has 0 aliphatic carbocycles. The maximum absolute atomic E-state index is 12.6. The summed E-state index contributed by atoms with van der Waals surface area (Å²) in [6.45, 7) is 7.87. The zero-order chi connectivity index (χ0) is 31.9. The largest absolute Gasteiger partial charge is 0.490 e. The lowest BCUT2D eigenvalue weighted by atomic mass is 10.1. The van der Waals surface area contributed by atoms with Crippen molar-refractivity contribution in [1.82, 2.24) is 24.3 Å². The number of piperazine rings is 1. The Morgan fingerprint density at radius 2 is 1.60 bits per heavy atom. The van der Waals surface area contributed by atoms with Gasteiger partial charge < -0.3 is 31.3 Å². The Bertz CT molecular complexity index is 1340. The van der Waals surface area contributed by atoms with Gasteiger partial charge in [-0.2, -0.15) is 18.2 Å². The van der Waals surface area contributed by atoms with Crippen molar-refractivity contribution in [3.8, 4) is 5.69 Å². The summed E-state index contributed by atoms with van der Waals surface area (Å²) in [5.41, 5.74) is 12.3.